The Hall–Kier alpha value is -1.89. The van der Waals surface area contributed by atoms with Crippen molar-refractivity contribution in [3.63, 3.8) is 0 Å². The normalized spacial score (nSPS) is 16.1. The van der Waals surface area contributed by atoms with Crippen LogP contribution >= 0.6 is 0 Å². The first-order chi connectivity index (χ1) is 9.19. The highest BCUT2D eigenvalue weighted by Crippen LogP contribution is 2.21. The van der Waals surface area contributed by atoms with Gasteiger partial charge in [-0.1, -0.05) is 0 Å². The van der Waals surface area contributed by atoms with Gasteiger partial charge in [-0.15, -0.1) is 0 Å². The standard InChI is InChI=1S/C12H18N4O3/c1-13-11-6-10(16(17)18)7-12(15-11)14-8-9-2-4-19-5-3-9/h6-7,9H,2-5,8H2,1H3,(H2,13,14,15). The van der Waals surface area contributed by atoms with Crippen LogP contribution in [0.25, 0.3) is 0 Å². The van der Waals surface area contributed by atoms with Crippen LogP contribution in [0.5, 0.6) is 0 Å². The van der Waals surface area contributed by atoms with Crippen molar-refractivity contribution in [1.82, 2.24) is 4.98 Å². The summed E-state index contributed by atoms with van der Waals surface area (Å²) in [5, 5.41) is 16.8. The second kappa shape index (κ2) is 6.33. The molecule has 1 aliphatic heterocycles. The zero-order valence-electron chi connectivity index (χ0n) is 10.9. The summed E-state index contributed by atoms with van der Waals surface area (Å²) < 4.78 is 5.30. The molecule has 0 amide bonds. The molecule has 104 valence electrons. The summed E-state index contributed by atoms with van der Waals surface area (Å²) in [6, 6.07) is 2.87. The lowest BCUT2D eigenvalue weighted by molar-refractivity contribution is -0.384. The molecule has 19 heavy (non-hydrogen) atoms. The van der Waals surface area contributed by atoms with Crippen molar-refractivity contribution in [2.75, 3.05) is 37.4 Å². The number of pyridine rings is 1. The average molecular weight is 266 g/mol. The van der Waals surface area contributed by atoms with E-state index in [-0.39, 0.29) is 5.69 Å². The molecule has 0 radical (unpaired) electrons. The molecule has 1 aliphatic rings. The molecule has 1 aromatic rings. The Morgan fingerprint density at radius 2 is 2.11 bits per heavy atom. The highest BCUT2D eigenvalue weighted by molar-refractivity contribution is 5.54. The molecule has 0 aliphatic carbocycles. The minimum absolute atomic E-state index is 0.0360. The predicted molar refractivity (Wildman–Crippen MR) is 72.5 cm³/mol. The number of nitrogens with one attached hydrogen (secondary N) is 2. The van der Waals surface area contributed by atoms with Gasteiger partial charge in [0.2, 0.25) is 0 Å². The summed E-state index contributed by atoms with van der Waals surface area (Å²) in [6.45, 7) is 2.34. The van der Waals surface area contributed by atoms with Crippen LogP contribution in [-0.4, -0.2) is 36.7 Å². The minimum atomic E-state index is -0.415. The van der Waals surface area contributed by atoms with Gasteiger partial charge < -0.3 is 15.4 Å². The minimum Gasteiger partial charge on any atom is -0.381 e. The van der Waals surface area contributed by atoms with Crippen molar-refractivity contribution in [1.29, 1.82) is 0 Å². The van der Waals surface area contributed by atoms with Crippen molar-refractivity contribution in [3.05, 3.63) is 22.2 Å². The highest BCUT2D eigenvalue weighted by atomic mass is 16.6. The van der Waals surface area contributed by atoms with Crippen molar-refractivity contribution in [3.8, 4) is 0 Å². The van der Waals surface area contributed by atoms with Crippen LogP contribution < -0.4 is 10.6 Å². The molecule has 0 spiro atoms. The Morgan fingerprint density at radius 3 is 2.74 bits per heavy atom. The summed E-state index contributed by atoms with van der Waals surface area (Å²) in [6.07, 6.45) is 2.03. The second-order valence-electron chi connectivity index (χ2n) is 4.54. The number of ether oxygens (including phenoxy) is 1. The Morgan fingerprint density at radius 1 is 1.42 bits per heavy atom. The first kappa shape index (κ1) is 13.5. The topological polar surface area (TPSA) is 89.3 Å². The van der Waals surface area contributed by atoms with E-state index in [0.29, 0.717) is 17.6 Å². The third-order valence-electron chi connectivity index (χ3n) is 3.19. The van der Waals surface area contributed by atoms with Gasteiger partial charge in [-0.25, -0.2) is 4.98 Å². The zero-order valence-corrected chi connectivity index (χ0v) is 10.9. The second-order valence-corrected chi connectivity index (χ2v) is 4.54. The molecule has 2 N–H and O–H groups in total. The molecule has 0 saturated carbocycles. The number of aromatic nitrogens is 1. The predicted octanol–water partition coefficient (Wildman–Crippen LogP) is 1.87. The van der Waals surface area contributed by atoms with E-state index in [0.717, 1.165) is 32.6 Å². The van der Waals surface area contributed by atoms with Gasteiger partial charge in [0.25, 0.3) is 5.69 Å². The Labute approximate surface area is 111 Å². The van der Waals surface area contributed by atoms with Crippen LogP contribution in [0, 0.1) is 16.0 Å². The fourth-order valence-electron chi connectivity index (χ4n) is 2.04. The molecule has 0 bridgehead atoms. The first-order valence-corrected chi connectivity index (χ1v) is 6.35. The number of hydrogen-bond acceptors (Lipinski definition) is 6. The maximum Gasteiger partial charge on any atom is 0.276 e. The fraction of sp³-hybridized carbons (Fsp3) is 0.583. The molecule has 1 aromatic heterocycles. The number of hydrogen-bond donors (Lipinski definition) is 2. The highest BCUT2D eigenvalue weighted by Gasteiger charge is 2.15. The van der Waals surface area contributed by atoms with E-state index in [9.17, 15) is 10.1 Å². The molecule has 2 rings (SSSR count). The van der Waals surface area contributed by atoms with Gasteiger partial charge in [0.05, 0.1) is 17.1 Å². The van der Waals surface area contributed by atoms with Gasteiger partial charge >= 0.3 is 0 Å². The molecule has 1 fully saturated rings. The van der Waals surface area contributed by atoms with E-state index in [1.54, 1.807) is 7.05 Å². The van der Waals surface area contributed by atoms with Crippen LogP contribution in [0.15, 0.2) is 12.1 Å². The molecular formula is C12H18N4O3. The molecule has 7 heteroatoms. The number of rotatable bonds is 5. The lowest BCUT2D eigenvalue weighted by atomic mass is 10.0. The average Bonchev–Trinajstić information content (AvgIpc) is 2.45. The van der Waals surface area contributed by atoms with Crippen LogP contribution in [0.1, 0.15) is 12.8 Å². The molecule has 2 heterocycles. The summed E-state index contributed by atoms with van der Waals surface area (Å²) in [7, 11) is 1.69. The third-order valence-corrected chi connectivity index (χ3v) is 3.19. The van der Waals surface area contributed by atoms with Gasteiger partial charge in [-0.3, -0.25) is 10.1 Å². The molecule has 0 aromatic carbocycles. The van der Waals surface area contributed by atoms with Crippen molar-refractivity contribution in [2.45, 2.75) is 12.8 Å². The van der Waals surface area contributed by atoms with E-state index >= 15 is 0 Å². The number of anilines is 2. The van der Waals surface area contributed by atoms with Gasteiger partial charge in [0, 0.05) is 26.8 Å². The fourth-order valence-corrected chi connectivity index (χ4v) is 2.04. The summed E-state index contributed by atoms with van der Waals surface area (Å²) in [5.41, 5.74) is 0.0360. The lowest BCUT2D eigenvalue weighted by Crippen LogP contribution is -2.23. The van der Waals surface area contributed by atoms with Crippen LogP contribution in [-0.2, 0) is 4.74 Å². The van der Waals surface area contributed by atoms with Crippen LogP contribution in [0.2, 0.25) is 0 Å². The molecule has 1 saturated heterocycles. The molecule has 0 unspecified atom stereocenters. The van der Waals surface area contributed by atoms with E-state index < -0.39 is 4.92 Å². The quantitative estimate of drug-likeness (QED) is 0.624. The van der Waals surface area contributed by atoms with Gasteiger partial charge in [0.1, 0.15) is 11.6 Å². The van der Waals surface area contributed by atoms with E-state index in [2.05, 4.69) is 15.6 Å². The van der Waals surface area contributed by atoms with E-state index in [1.165, 1.54) is 12.1 Å². The zero-order chi connectivity index (χ0) is 13.7. The van der Waals surface area contributed by atoms with Gasteiger partial charge in [-0.2, -0.15) is 0 Å². The summed E-state index contributed by atoms with van der Waals surface area (Å²) in [5.74, 6) is 1.56. The first-order valence-electron chi connectivity index (χ1n) is 6.35. The van der Waals surface area contributed by atoms with Crippen molar-refractivity contribution < 1.29 is 9.66 Å². The van der Waals surface area contributed by atoms with E-state index in [1.807, 2.05) is 0 Å². The van der Waals surface area contributed by atoms with E-state index in [4.69, 9.17) is 4.74 Å². The number of nitro groups is 1. The summed E-state index contributed by atoms with van der Waals surface area (Å²) >= 11 is 0. The van der Waals surface area contributed by atoms with Crippen molar-refractivity contribution >= 4 is 17.3 Å². The molecular weight excluding hydrogens is 248 g/mol. The largest absolute Gasteiger partial charge is 0.381 e. The smallest absolute Gasteiger partial charge is 0.276 e. The third kappa shape index (κ3) is 3.78. The number of nitrogens with zero attached hydrogens (tertiary/aromatic N) is 2. The maximum atomic E-state index is 10.8. The lowest BCUT2D eigenvalue weighted by Gasteiger charge is -2.22. The van der Waals surface area contributed by atoms with Crippen LogP contribution in [0.4, 0.5) is 17.3 Å². The van der Waals surface area contributed by atoms with Gasteiger partial charge in [0.15, 0.2) is 0 Å². The molecule has 7 nitrogen and oxygen atoms in total. The molecule has 0 atom stereocenters. The Bertz CT molecular complexity index is 447. The van der Waals surface area contributed by atoms with Crippen molar-refractivity contribution in [2.24, 2.45) is 5.92 Å². The SMILES string of the molecule is CNc1cc([N+](=O)[O-])cc(NCC2CCOCC2)n1. The summed E-state index contributed by atoms with van der Waals surface area (Å²) in [4.78, 5) is 14.7. The van der Waals surface area contributed by atoms with Crippen LogP contribution in [0.3, 0.4) is 0 Å². The maximum absolute atomic E-state index is 10.8. The Balaban J connectivity index is 2.02. The Kier molecular flexibility index (Phi) is 4.51. The monoisotopic (exact) mass is 266 g/mol. The van der Waals surface area contributed by atoms with Gasteiger partial charge in [-0.05, 0) is 18.8 Å².